The van der Waals surface area contributed by atoms with Crippen LogP contribution < -0.4 is 5.32 Å². The van der Waals surface area contributed by atoms with E-state index in [2.05, 4.69) is 63.0 Å². The minimum absolute atomic E-state index is 0.448. The predicted molar refractivity (Wildman–Crippen MR) is 94.0 cm³/mol. The van der Waals surface area contributed by atoms with Crippen molar-refractivity contribution in [3.63, 3.8) is 0 Å². The van der Waals surface area contributed by atoms with E-state index >= 15 is 0 Å². The number of hydrogen-bond donors (Lipinski definition) is 1. The standard InChI is InChI=1S/C19H34N2/c1-6-11-20-19(15-21(12-7-2)13-8-3)18-10-9-16(4)14-17(18)5/h9-10,14,19-20H,6-8,11-13,15H2,1-5H3. The molecule has 1 atom stereocenters. The summed E-state index contributed by atoms with van der Waals surface area (Å²) in [6, 6.07) is 7.31. The van der Waals surface area contributed by atoms with Gasteiger partial charge in [0.1, 0.15) is 0 Å². The van der Waals surface area contributed by atoms with Crippen LogP contribution in [0, 0.1) is 13.8 Å². The van der Waals surface area contributed by atoms with Gasteiger partial charge in [0.2, 0.25) is 0 Å². The van der Waals surface area contributed by atoms with Gasteiger partial charge in [-0.25, -0.2) is 0 Å². The average Bonchev–Trinajstić information content (AvgIpc) is 2.44. The normalized spacial score (nSPS) is 12.9. The van der Waals surface area contributed by atoms with Gasteiger partial charge in [-0.05, 0) is 63.9 Å². The number of nitrogens with one attached hydrogen (secondary N) is 1. The first kappa shape index (κ1) is 18.2. The second kappa shape index (κ2) is 9.97. The highest BCUT2D eigenvalue weighted by Crippen LogP contribution is 2.20. The van der Waals surface area contributed by atoms with E-state index in [4.69, 9.17) is 0 Å². The van der Waals surface area contributed by atoms with Crippen LogP contribution in [0.15, 0.2) is 18.2 Å². The van der Waals surface area contributed by atoms with Gasteiger partial charge < -0.3 is 10.2 Å². The molecule has 0 amide bonds. The summed E-state index contributed by atoms with van der Waals surface area (Å²) in [5.74, 6) is 0. The maximum absolute atomic E-state index is 3.75. The molecule has 1 unspecified atom stereocenters. The molecule has 0 saturated heterocycles. The van der Waals surface area contributed by atoms with Crippen LogP contribution in [-0.4, -0.2) is 31.1 Å². The summed E-state index contributed by atoms with van der Waals surface area (Å²) in [5.41, 5.74) is 4.23. The molecule has 0 aliphatic rings. The van der Waals surface area contributed by atoms with Gasteiger partial charge in [-0.2, -0.15) is 0 Å². The van der Waals surface area contributed by atoms with Crippen molar-refractivity contribution in [2.75, 3.05) is 26.2 Å². The highest BCUT2D eigenvalue weighted by atomic mass is 15.1. The van der Waals surface area contributed by atoms with Crippen molar-refractivity contribution in [2.45, 2.75) is 59.9 Å². The third kappa shape index (κ3) is 6.19. The van der Waals surface area contributed by atoms with Crippen LogP contribution in [0.25, 0.3) is 0 Å². The van der Waals surface area contributed by atoms with Gasteiger partial charge in [-0.1, -0.05) is 44.5 Å². The van der Waals surface area contributed by atoms with Crippen LogP contribution in [0.2, 0.25) is 0 Å². The minimum atomic E-state index is 0.448. The molecule has 0 fully saturated rings. The number of aryl methyl sites for hydroxylation is 2. The first-order valence-electron chi connectivity index (χ1n) is 8.65. The third-order valence-corrected chi connectivity index (χ3v) is 3.96. The largest absolute Gasteiger partial charge is 0.309 e. The molecule has 1 aromatic rings. The molecule has 0 aliphatic carbocycles. The van der Waals surface area contributed by atoms with E-state index in [-0.39, 0.29) is 0 Å². The summed E-state index contributed by atoms with van der Waals surface area (Å²) in [6.45, 7) is 15.8. The second-order valence-electron chi connectivity index (χ2n) is 6.17. The molecule has 0 radical (unpaired) electrons. The van der Waals surface area contributed by atoms with E-state index in [1.54, 1.807) is 0 Å². The zero-order valence-electron chi connectivity index (χ0n) is 14.7. The van der Waals surface area contributed by atoms with E-state index in [0.29, 0.717) is 6.04 Å². The van der Waals surface area contributed by atoms with Crippen LogP contribution >= 0.6 is 0 Å². The Kier molecular flexibility index (Phi) is 8.63. The SMILES string of the molecule is CCCNC(CN(CCC)CCC)c1ccc(C)cc1C. The Labute approximate surface area is 131 Å². The molecule has 0 spiro atoms. The van der Waals surface area contributed by atoms with Gasteiger partial charge in [0.25, 0.3) is 0 Å². The number of benzene rings is 1. The fraction of sp³-hybridized carbons (Fsp3) is 0.684. The molecule has 0 aromatic heterocycles. The Hall–Kier alpha value is -0.860. The molecule has 21 heavy (non-hydrogen) atoms. The first-order valence-corrected chi connectivity index (χ1v) is 8.65. The van der Waals surface area contributed by atoms with Crippen molar-refractivity contribution in [1.29, 1.82) is 0 Å². The summed E-state index contributed by atoms with van der Waals surface area (Å²) < 4.78 is 0. The van der Waals surface area contributed by atoms with E-state index in [0.717, 1.165) is 13.1 Å². The fourth-order valence-corrected chi connectivity index (χ4v) is 2.99. The van der Waals surface area contributed by atoms with Gasteiger partial charge in [0.15, 0.2) is 0 Å². The van der Waals surface area contributed by atoms with Gasteiger partial charge in [0, 0.05) is 12.6 Å². The molecule has 0 saturated carbocycles. The van der Waals surface area contributed by atoms with Crippen LogP contribution in [0.1, 0.15) is 62.8 Å². The predicted octanol–water partition coefficient (Wildman–Crippen LogP) is 4.47. The lowest BCUT2D eigenvalue weighted by molar-refractivity contribution is 0.242. The third-order valence-electron chi connectivity index (χ3n) is 3.96. The van der Waals surface area contributed by atoms with Crippen LogP contribution in [0.4, 0.5) is 0 Å². The van der Waals surface area contributed by atoms with Crippen molar-refractivity contribution in [1.82, 2.24) is 10.2 Å². The quantitative estimate of drug-likeness (QED) is 0.684. The molecule has 1 N–H and O–H groups in total. The molecule has 0 aliphatic heterocycles. The monoisotopic (exact) mass is 290 g/mol. The van der Waals surface area contributed by atoms with Crippen molar-refractivity contribution in [3.05, 3.63) is 34.9 Å². The lowest BCUT2D eigenvalue weighted by Gasteiger charge is -2.29. The number of rotatable bonds is 10. The fourth-order valence-electron chi connectivity index (χ4n) is 2.99. The topological polar surface area (TPSA) is 15.3 Å². The molecule has 0 bridgehead atoms. The summed E-state index contributed by atoms with van der Waals surface area (Å²) >= 11 is 0. The maximum atomic E-state index is 3.75. The van der Waals surface area contributed by atoms with Gasteiger partial charge >= 0.3 is 0 Å². The lowest BCUT2D eigenvalue weighted by atomic mass is 9.98. The molecule has 1 rings (SSSR count). The smallest absolute Gasteiger partial charge is 0.0451 e. The second-order valence-corrected chi connectivity index (χ2v) is 6.17. The van der Waals surface area contributed by atoms with Crippen molar-refractivity contribution < 1.29 is 0 Å². The van der Waals surface area contributed by atoms with Crippen molar-refractivity contribution >= 4 is 0 Å². The first-order chi connectivity index (χ1) is 10.1. The Morgan fingerprint density at radius 2 is 1.67 bits per heavy atom. The van der Waals surface area contributed by atoms with E-state index < -0.39 is 0 Å². The van der Waals surface area contributed by atoms with Crippen LogP contribution in [0.5, 0.6) is 0 Å². The van der Waals surface area contributed by atoms with Crippen LogP contribution in [0.3, 0.4) is 0 Å². The molecule has 120 valence electrons. The Bertz CT molecular complexity index is 395. The molecule has 1 aromatic carbocycles. The van der Waals surface area contributed by atoms with E-state index in [1.165, 1.54) is 49.0 Å². The van der Waals surface area contributed by atoms with Gasteiger partial charge in [-0.15, -0.1) is 0 Å². The Balaban J connectivity index is 2.87. The zero-order chi connectivity index (χ0) is 15.7. The molecular formula is C19H34N2. The maximum Gasteiger partial charge on any atom is 0.0451 e. The number of hydrogen-bond acceptors (Lipinski definition) is 2. The van der Waals surface area contributed by atoms with Crippen LogP contribution in [-0.2, 0) is 0 Å². The van der Waals surface area contributed by atoms with Crippen molar-refractivity contribution in [3.8, 4) is 0 Å². The van der Waals surface area contributed by atoms with E-state index in [1.807, 2.05) is 0 Å². The minimum Gasteiger partial charge on any atom is -0.309 e. The summed E-state index contributed by atoms with van der Waals surface area (Å²) in [6.07, 6.45) is 3.64. The zero-order valence-corrected chi connectivity index (χ0v) is 14.7. The lowest BCUT2D eigenvalue weighted by Crippen LogP contribution is -2.37. The van der Waals surface area contributed by atoms with Gasteiger partial charge in [-0.3, -0.25) is 0 Å². The molecule has 0 heterocycles. The molecular weight excluding hydrogens is 256 g/mol. The summed E-state index contributed by atoms with van der Waals surface area (Å²) in [7, 11) is 0. The number of nitrogens with zero attached hydrogens (tertiary/aromatic N) is 1. The summed E-state index contributed by atoms with van der Waals surface area (Å²) in [5, 5.41) is 3.75. The molecule has 2 nitrogen and oxygen atoms in total. The molecule has 2 heteroatoms. The summed E-state index contributed by atoms with van der Waals surface area (Å²) in [4.78, 5) is 2.60. The average molecular weight is 290 g/mol. The van der Waals surface area contributed by atoms with Crippen molar-refractivity contribution in [2.24, 2.45) is 0 Å². The van der Waals surface area contributed by atoms with E-state index in [9.17, 15) is 0 Å². The Morgan fingerprint density at radius 3 is 2.19 bits per heavy atom. The highest BCUT2D eigenvalue weighted by molar-refractivity contribution is 5.33. The Morgan fingerprint density at radius 1 is 1.00 bits per heavy atom. The van der Waals surface area contributed by atoms with Gasteiger partial charge in [0.05, 0.1) is 0 Å². The highest BCUT2D eigenvalue weighted by Gasteiger charge is 2.16.